The number of para-hydroxylation sites is 1. The number of ether oxygens (including phenoxy) is 1. The molecule has 0 bridgehead atoms. The summed E-state index contributed by atoms with van der Waals surface area (Å²) in [5.74, 6) is -1.83. The molecule has 0 amide bonds. The predicted octanol–water partition coefficient (Wildman–Crippen LogP) is 4.47. The number of carbonyl (C=O) groups excluding carboxylic acids is 2. The summed E-state index contributed by atoms with van der Waals surface area (Å²) < 4.78 is 4.87. The standard InChI is InChI=1S/C21H27NO4/c1-6-9-16(23)17-15(22-14-11-8-7-10-13(14)2)12-21(3,4)18(19(17)24)20(25)26-5/h7-8,10-11,18,24H,6,9,12H2,1-5H3/t18-/m1/s1. The Hall–Kier alpha value is -2.43. The number of rotatable bonds is 5. The molecule has 1 aliphatic rings. The molecule has 5 heteroatoms. The minimum atomic E-state index is -0.876. The van der Waals surface area contributed by atoms with E-state index in [0.29, 0.717) is 25.0 Å². The molecule has 140 valence electrons. The highest BCUT2D eigenvalue weighted by molar-refractivity contribution is 6.24. The number of allylic oxidation sites excluding steroid dienone is 1. The van der Waals surface area contributed by atoms with Gasteiger partial charge in [0, 0.05) is 6.42 Å². The summed E-state index contributed by atoms with van der Waals surface area (Å²) in [6, 6.07) is 7.63. The van der Waals surface area contributed by atoms with E-state index in [9.17, 15) is 14.7 Å². The van der Waals surface area contributed by atoms with Gasteiger partial charge in [0.25, 0.3) is 0 Å². The molecule has 0 fully saturated rings. The third-order valence-electron chi connectivity index (χ3n) is 4.79. The van der Waals surface area contributed by atoms with Crippen LogP contribution in [0.3, 0.4) is 0 Å². The van der Waals surface area contributed by atoms with Crippen molar-refractivity contribution in [3.05, 3.63) is 41.2 Å². The van der Waals surface area contributed by atoms with Crippen molar-refractivity contribution in [1.29, 1.82) is 0 Å². The zero-order valence-electron chi connectivity index (χ0n) is 16.1. The first-order valence-electron chi connectivity index (χ1n) is 8.90. The Bertz CT molecular complexity index is 774. The molecule has 1 N–H and O–H groups in total. The van der Waals surface area contributed by atoms with Crippen molar-refractivity contribution in [3.63, 3.8) is 0 Å². The van der Waals surface area contributed by atoms with Crippen molar-refractivity contribution in [1.82, 2.24) is 0 Å². The Labute approximate surface area is 154 Å². The number of hydrogen-bond donors (Lipinski definition) is 1. The van der Waals surface area contributed by atoms with Crippen LogP contribution in [-0.2, 0) is 14.3 Å². The predicted molar refractivity (Wildman–Crippen MR) is 102 cm³/mol. The van der Waals surface area contributed by atoms with E-state index in [1.54, 1.807) is 0 Å². The number of nitrogens with zero attached hydrogens (tertiary/aromatic N) is 1. The maximum absolute atomic E-state index is 12.7. The first kappa shape index (κ1) is 19.9. The van der Waals surface area contributed by atoms with E-state index in [2.05, 4.69) is 0 Å². The van der Waals surface area contributed by atoms with Gasteiger partial charge < -0.3 is 9.84 Å². The van der Waals surface area contributed by atoms with Crippen LogP contribution in [0.5, 0.6) is 0 Å². The summed E-state index contributed by atoms with van der Waals surface area (Å²) in [6.45, 7) is 7.60. The third-order valence-corrected chi connectivity index (χ3v) is 4.79. The number of aliphatic hydroxyl groups excluding tert-OH is 1. The Kier molecular flexibility index (Phi) is 6.01. The maximum atomic E-state index is 12.7. The van der Waals surface area contributed by atoms with Gasteiger partial charge in [-0.2, -0.15) is 0 Å². The van der Waals surface area contributed by atoms with Crippen LogP contribution in [-0.4, -0.2) is 29.7 Å². The second-order valence-electron chi connectivity index (χ2n) is 7.40. The number of aliphatic hydroxyl groups is 1. The minimum Gasteiger partial charge on any atom is -0.511 e. The van der Waals surface area contributed by atoms with E-state index in [1.165, 1.54) is 7.11 Å². The molecule has 2 rings (SSSR count). The fourth-order valence-electron chi connectivity index (χ4n) is 3.42. The smallest absolute Gasteiger partial charge is 0.316 e. The van der Waals surface area contributed by atoms with Crippen LogP contribution in [0.1, 0.15) is 45.6 Å². The molecule has 1 aliphatic carbocycles. The van der Waals surface area contributed by atoms with Crippen molar-refractivity contribution >= 4 is 23.2 Å². The van der Waals surface area contributed by atoms with Crippen molar-refractivity contribution in [2.45, 2.75) is 47.0 Å². The Morgan fingerprint density at radius 3 is 2.54 bits per heavy atom. The SMILES string of the molecule is CCCC(=O)C1=C(O)[C@H](C(=O)OC)C(C)(C)CC1=Nc1ccccc1C. The lowest BCUT2D eigenvalue weighted by Crippen LogP contribution is -2.41. The Morgan fingerprint density at radius 1 is 1.31 bits per heavy atom. The molecule has 0 heterocycles. The van der Waals surface area contributed by atoms with Gasteiger partial charge in [-0.25, -0.2) is 0 Å². The zero-order valence-corrected chi connectivity index (χ0v) is 16.1. The largest absolute Gasteiger partial charge is 0.511 e. The Balaban J connectivity index is 2.67. The van der Waals surface area contributed by atoms with Crippen molar-refractivity contribution in [3.8, 4) is 0 Å². The summed E-state index contributed by atoms with van der Waals surface area (Å²) in [5.41, 5.74) is 1.82. The number of benzene rings is 1. The van der Waals surface area contributed by atoms with E-state index in [-0.39, 0.29) is 17.1 Å². The quantitative estimate of drug-likeness (QED) is 0.789. The molecule has 1 aromatic carbocycles. The number of aryl methyl sites for hydroxylation is 1. The number of ketones is 1. The molecule has 0 saturated carbocycles. The summed E-state index contributed by atoms with van der Waals surface area (Å²) in [5, 5.41) is 10.9. The van der Waals surface area contributed by atoms with Crippen LogP contribution < -0.4 is 0 Å². The maximum Gasteiger partial charge on any atom is 0.316 e. The molecule has 0 spiro atoms. The van der Waals surface area contributed by atoms with Crippen LogP contribution in [0.15, 0.2) is 40.6 Å². The molecule has 0 saturated heterocycles. The molecule has 0 radical (unpaired) electrons. The van der Waals surface area contributed by atoms with Gasteiger partial charge in [-0.1, -0.05) is 39.0 Å². The van der Waals surface area contributed by atoms with E-state index >= 15 is 0 Å². The van der Waals surface area contributed by atoms with Crippen molar-refractivity contribution in [2.75, 3.05) is 7.11 Å². The molecule has 0 aromatic heterocycles. The lowest BCUT2D eigenvalue weighted by molar-refractivity contribution is -0.149. The van der Waals surface area contributed by atoms with Gasteiger partial charge in [-0.05, 0) is 36.8 Å². The molecular weight excluding hydrogens is 330 g/mol. The average molecular weight is 357 g/mol. The first-order valence-corrected chi connectivity index (χ1v) is 8.90. The molecule has 0 aliphatic heterocycles. The van der Waals surface area contributed by atoms with Crippen LogP contribution >= 0.6 is 0 Å². The summed E-state index contributed by atoms with van der Waals surface area (Å²) in [6.07, 6.45) is 1.34. The zero-order chi connectivity index (χ0) is 19.5. The number of esters is 1. The number of aliphatic imine (C=N–C) groups is 1. The number of hydrogen-bond acceptors (Lipinski definition) is 5. The highest BCUT2D eigenvalue weighted by Gasteiger charge is 2.47. The molecule has 1 aromatic rings. The normalized spacial score (nSPS) is 21.0. The summed E-state index contributed by atoms with van der Waals surface area (Å²) >= 11 is 0. The monoisotopic (exact) mass is 357 g/mol. The van der Waals surface area contributed by atoms with Gasteiger partial charge in [-0.3, -0.25) is 14.6 Å². The first-order chi connectivity index (χ1) is 12.2. The second kappa shape index (κ2) is 7.85. The van der Waals surface area contributed by atoms with Crippen LogP contribution in [0, 0.1) is 18.3 Å². The van der Waals surface area contributed by atoms with Crippen molar-refractivity contribution < 1.29 is 19.4 Å². The van der Waals surface area contributed by atoms with Gasteiger partial charge in [-0.15, -0.1) is 0 Å². The van der Waals surface area contributed by atoms with E-state index < -0.39 is 17.3 Å². The highest BCUT2D eigenvalue weighted by Crippen LogP contribution is 2.43. The topological polar surface area (TPSA) is 76.0 Å². The highest BCUT2D eigenvalue weighted by atomic mass is 16.5. The Morgan fingerprint density at radius 2 is 1.96 bits per heavy atom. The van der Waals surface area contributed by atoms with E-state index in [1.807, 2.05) is 52.0 Å². The lowest BCUT2D eigenvalue weighted by atomic mass is 9.67. The van der Waals surface area contributed by atoms with Crippen LogP contribution in [0.2, 0.25) is 0 Å². The van der Waals surface area contributed by atoms with E-state index in [4.69, 9.17) is 9.73 Å². The van der Waals surface area contributed by atoms with Gasteiger partial charge in [0.2, 0.25) is 0 Å². The summed E-state index contributed by atoms with van der Waals surface area (Å²) in [7, 11) is 1.29. The van der Waals surface area contributed by atoms with Crippen LogP contribution in [0.25, 0.3) is 0 Å². The number of Topliss-reactive ketones (excluding diaryl/α,β-unsaturated/α-hetero) is 1. The molecule has 1 atom stereocenters. The number of carbonyl (C=O) groups is 2. The summed E-state index contributed by atoms with van der Waals surface area (Å²) in [4.78, 5) is 29.7. The third kappa shape index (κ3) is 3.87. The second-order valence-corrected chi connectivity index (χ2v) is 7.40. The van der Waals surface area contributed by atoms with Gasteiger partial charge in [0.1, 0.15) is 11.7 Å². The van der Waals surface area contributed by atoms with Crippen molar-refractivity contribution in [2.24, 2.45) is 16.3 Å². The van der Waals surface area contributed by atoms with Gasteiger partial charge in [0.15, 0.2) is 5.78 Å². The fourth-order valence-corrected chi connectivity index (χ4v) is 3.42. The fraction of sp³-hybridized carbons (Fsp3) is 0.476. The van der Waals surface area contributed by atoms with Crippen LogP contribution in [0.4, 0.5) is 5.69 Å². The van der Waals surface area contributed by atoms with Gasteiger partial charge in [0.05, 0.1) is 24.1 Å². The lowest BCUT2D eigenvalue weighted by Gasteiger charge is -2.37. The average Bonchev–Trinajstić information content (AvgIpc) is 2.55. The minimum absolute atomic E-state index is 0.171. The number of methoxy groups -OCH3 is 1. The molecular formula is C21H27NO4. The molecule has 0 unspecified atom stereocenters. The molecule has 26 heavy (non-hydrogen) atoms. The molecule has 5 nitrogen and oxygen atoms in total. The van der Waals surface area contributed by atoms with Gasteiger partial charge >= 0.3 is 5.97 Å². The van der Waals surface area contributed by atoms with E-state index in [0.717, 1.165) is 11.3 Å².